The number of esters is 1. The maximum Gasteiger partial charge on any atom is 0.337 e. The number of carbonyl (C=O) groups is 2. The van der Waals surface area contributed by atoms with Crippen molar-refractivity contribution < 1.29 is 14.3 Å². The molecule has 0 spiro atoms. The Balaban J connectivity index is 3.22. The highest BCUT2D eigenvalue weighted by Crippen LogP contribution is 2.19. The lowest BCUT2D eigenvalue weighted by Gasteiger charge is -2.12. The molecule has 0 amide bonds. The van der Waals surface area contributed by atoms with Crippen LogP contribution in [0.5, 0.6) is 0 Å². The first-order valence-corrected chi connectivity index (χ1v) is 6.30. The van der Waals surface area contributed by atoms with Crippen LogP contribution in [0, 0.1) is 5.92 Å². The minimum atomic E-state index is -0.407. The van der Waals surface area contributed by atoms with Gasteiger partial charge in [-0.05, 0) is 30.5 Å². The third-order valence-corrected chi connectivity index (χ3v) is 3.24. The standard InChI is InChI=1S/C15H20O3/c1-5-10(3)14(16)13-9-12(15(17)18-4)8-7-11(13)6-2/h7-10H,5-6H2,1-4H3. The van der Waals surface area contributed by atoms with Gasteiger partial charge in [0.1, 0.15) is 0 Å². The summed E-state index contributed by atoms with van der Waals surface area (Å²) in [5.74, 6) is -0.334. The fourth-order valence-electron chi connectivity index (χ4n) is 1.81. The topological polar surface area (TPSA) is 43.4 Å². The molecule has 0 bridgehead atoms. The number of methoxy groups -OCH3 is 1. The molecule has 0 heterocycles. The normalized spacial score (nSPS) is 12.0. The summed E-state index contributed by atoms with van der Waals surface area (Å²) in [7, 11) is 1.34. The van der Waals surface area contributed by atoms with Crippen molar-refractivity contribution in [3.63, 3.8) is 0 Å². The van der Waals surface area contributed by atoms with E-state index in [-0.39, 0.29) is 11.7 Å². The van der Waals surface area contributed by atoms with Crippen molar-refractivity contribution in [3.8, 4) is 0 Å². The van der Waals surface area contributed by atoms with E-state index in [2.05, 4.69) is 4.74 Å². The summed E-state index contributed by atoms with van der Waals surface area (Å²) in [6.45, 7) is 5.89. The first-order chi connectivity index (χ1) is 8.54. The monoisotopic (exact) mass is 248 g/mol. The Morgan fingerprint density at radius 3 is 2.44 bits per heavy atom. The van der Waals surface area contributed by atoms with Crippen molar-refractivity contribution >= 4 is 11.8 Å². The minimum absolute atomic E-state index is 0.0248. The van der Waals surface area contributed by atoms with Gasteiger partial charge in [0.05, 0.1) is 12.7 Å². The fraction of sp³-hybridized carbons (Fsp3) is 0.467. The van der Waals surface area contributed by atoms with Crippen LogP contribution in [0.25, 0.3) is 0 Å². The number of ether oxygens (including phenoxy) is 1. The predicted octanol–water partition coefficient (Wildman–Crippen LogP) is 3.26. The molecule has 0 aliphatic heterocycles. The molecular weight excluding hydrogens is 228 g/mol. The van der Waals surface area contributed by atoms with Gasteiger partial charge in [0.2, 0.25) is 0 Å². The molecule has 0 radical (unpaired) electrons. The third-order valence-electron chi connectivity index (χ3n) is 3.24. The van der Waals surface area contributed by atoms with Crippen LogP contribution in [0.15, 0.2) is 18.2 Å². The summed E-state index contributed by atoms with van der Waals surface area (Å²) < 4.78 is 4.68. The molecule has 1 unspecified atom stereocenters. The zero-order valence-corrected chi connectivity index (χ0v) is 11.4. The number of Topliss-reactive ketones (excluding diaryl/α,β-unsaturated/α-hetero) is 1. The highest BCUT2D eigenvalue weighted by Gasteiger charge is 2.18. The predicted molar refractivity (Wildman–Crippen MR) is 70.9 cm³/mol. The van der Waals surface area contributed by atoms with Crippen LogP contribution in [0.3, 0.4) is 0 Å². The number of hydrogen-bond acceptors (Lipinski definition) is 3. The largest absolute Gasteiger partial charge is 0.465 e. The zero-order chi connectivity index (χ0) is 13.7. The van der Waals surface area contributed by atoms with Crippen LogP contribution in [-0.2, 0) is 11.2 Å². The molecule has 3 nitrogen and oxygen atoms in total. The molecule has 1 aromatic rings. The molecule has 1 rings (SSSR count). The average molecular weight is 248 g/mol. The Morgan fingerprint density at radius 2 is 1.94 bits per heavy atom. The summed E-state index contributed by atoms with van der Waals surface area (Å²) in [5, 5.41) is 0. The molecular formula is C15H20O3. The Kier molecular flexibility index (Phi) is 5.08. The Labute approximate surface area is 108 Å². The number of benzene rings is 1. The maximum atomic E-state index is 12.3. The maximum absolute atomic E-state index is 12.3. The Hall–Kier alpha value is -1.64. The molecule has 0 saturated heterocycles. The lowest BCUT2D eigenvalue weighted by Crippen LogP contribution is -2.14. The SMILES string of the molecule is CCc1ccc(C(=O)OC)cc1C(=O)C(C)CC. The zero-order valence-electron chi connectivity index (χ0n) is 11.4. The van der Waals surface area contributed by atoms with Crippen molar-refractivity contribution in [1.29, 1.82) is 0 Å². The van der Waals surface area contributed by atoms with E-state index in [1.165, 1.54) is 7.11 Å². The van der Waals surface area contributed by atoms with Gasteiger partial charge in [-0.25, -0.2) is 4.79 Å². The summed E-state index contributed by atoms with van der Waals surface area (Å²) in [6.07, 6.45) is 1.57. The summed E-state index contributed by atoms with van der Waals surface area (Å²) in [5.41, 5.74) is 2.06. The fourth-order valence-corrected chi connectivity index (χ4v) is 1.81. The van der Waals surface area contributed by atoms with Gasteiger partial charge in [-0.3, -0.25) is 4.79 Å². The van der Waals surface area contributed by atoms with Crippen LogP contribution in [0.1, 0.15) is 53.5 Å². The van der Waals surface area contributed by atoms with Crippen molar-refractivity contribution in [2.24, 2.45) is 5.92 Å². The average Bonchev–Trinajstić information content (AvgIpc) is 2.43. The van der Waals surface area contributed by atoms with E-state index in [0.29, 0.717) is 11.1 Å². The number of hydrogen-bond donors (Lipinski definition) is 0. The highest BCUT2D eigenvalue weighted by molar-refractivity contribution is 6.01. The Bertz CT molecular complexity index is 449. The summed E-state index contributed by atoms with van der Waals surface area (Å²) in [6, 6.07) is 5.19. The smallest absolute Gasteiger partial charge is 0.337 e. The molecule has 18 heavy (non-hydrogen) atoms. The van der Waals surface area contributed by atoms with E-state index < -0.39 is 5.97 Å². The first kappa shape index (κ1) is 14.4. The summed E-state index contributed by atoms with van der Waals surface area (Å²) >= 11 is 0. The third kappa shape index (κ3) is 2.97. The molecule has 98 valence electrons. The van der Waals surface area contributed by atoms with E-state index >= 15 is 0 Å². The van der Waals surface area contributed by atoms with Crippen molar-refractivity contribution in [2.45, 2.75) is 33.6 Å². The Morgan fingerprint density at radius 1 is 1.28 bits per heavy atom. The molecule has 0 aliphatic rings. The number of ketones is 1. The van der Waals surface area contributed by atoms with E-state index in [1.807, 2.05) is 26.8 Å². The summed E-state index contributed by atoms with van der Waals surface area (Å²) in [4.78, 5) is 23.8. The van der Waals surface area contributed by atoms with Crippen LogP contribution >= 0.6 is 0 Å². The number of carbonyl (C=O) groups excluding carboxylic acids is 2. The van der Waals surface area contributed by atoms with Gasteiger partial charge in [-0.2, -0.15) is 0 Å². The van der Waals surface area contributed by atoms with Crippen molar-refractivity contribution in [2.75, 3.05) is 7.11 Å². The number of rotatable bonds is 5. The molecule has 0 saturated carbocycles. The van der Waals surface area contributed by atoms with Crippen LogP contribution < -0.4 is 0 Å². The van der Waals surface area contributed by atoms with Crippen LogP contribution in [-0.4, -0.2) is 18.9 Å². The van der Waals surface area contributed by atoms with Gasteiger partial charge in [0.25, 0.3) is 0 Å². The van der Waals surface area contributed by atoms with Gasteiger partial charge < -0.3 is 4.74 Å². The second-order valence-electron chi connectivity index (χ2n) is 4.39. The molecule has 0 N–H and O–H groups in total. The second kappa shape index (κ2) is 6.34. The van der Waals surface area contributed by atoms with Gasteiger partial charge >= 0.3 is 5.97 Å². The van der Waals surface area contributed by atoms with Gasteiger partial charge in [0, 0.05) is 11.5 Å². The molecule has 0 fully saturated rings. The first-order valence-electron chi connectivity index (χ1n) is 6.30. The lowest BCUT2D eigenvalue weighted by atomic mass is 9.91. The minimum Gasteiger partial charge on any atom is -0.465 e. The highest BCUT2D eigenvalue weighted by atomic mass is 16.5. The van der Waals surface area contributed by atoms with Crippen LogP contribution in [0.2, 0.25) is 0 Å². The van der Waals surface area contributed by atoms with Crippen molar-refractivity contribution in [1.82, 2.24) is 0 Å². The molecule has 1 atom stereocenters. The molecule has 0 aromatic heterocycles. The van der Waals surface area contributed by atoms with Gasteiger partial charge in [0.15, 0.2) is 5.78 Å². The van der Waals surface area contributed by atoms with Gasteiger partial charge in [-0.1, -0.05) is 26.8 Å². The van der Waals surface area contributed by atoms with Crippen molar-refractivity contribution in [3.05, 3.63) is 34.9 Å². The van der Waals surface area contributed by atoms with Gasteiger partial charge in [-0.15, -0.1) is 0 Å². The van der Waals surface area contributed by atoms with E-state index in [4.69, 9.17) is 0 Å². The van der Waals surface area contributed by atoms with E-state index in [0.717, 1.165) is 18.4 Å². The van der Waals surface area contributed by atoms with E-state index in [9.17, 15) is 9.59 Å². The van der Waals surface area contributed by atoms with Crippen LogP contribution in [0.4, 0.5) is 0 Å². The lowest BCUT2D eigenvalue weighted by molar-refractivity contribution is 0.0600. The van der Waals surface area contributed by atoms with E-state index in [1.54, 1.807) is 12.1 Å². The molecule has 1 aromatic carbocycles. The molecule has 3 heteroatoms. The second-order valence-corrected chi connectivity index (χ2v) is 4.39. The quantitative estimate of drug-likeness (QED) is 0.593. The molecule has 0 aliphatic carbocycles. The number of aryl methyl sites for hydroxylation is 1.